The van der Waals surface area contributed by atoms with Gasteiger partial charge in [-0.25, -0.2) is 4.98 Å². The SMILES string of the molecule is Cc1ccc(C(=O)Nc2cc(N3CC[C@@H](N(C)C)C3)cc(C(F)(F)F)c2)cc1Oc1ncnc2c1OCCN2. The van der Waals surface area contributed by atoms with Gasteiger partial charge >= 0.3 is 6.18 Å². The van der Waals surface area contributed by atoms with Crippen molar-refractivity contribution in [3.63, 3.8) is 0 Å². The van der Waals surface area contributed by atoms with Crippen molar-refractivity contribution in [2.75, 3.05) is 55.9 Å². The van der Waals surface area contributed by atoms with Crippen molar-refractivity contribution in [3.05, 3.63) is 59.4 Å². The third-order valence-corrected chi connectivity index (χ3v) is 6.83. The topological polar surface area (TPSA) is 91.9 Å². The average Bonchev–Trinajstić information content (AvgIpc) is 3.40. The summed E-state index contributed by atoms with van der Waals surface area (Å²) >= 11 is 0. The summed E-state index contributed by atoms with van der Waals surface area (Å²) in [4.78, 5) is 25.4. The molecule has 3 heterocycles. The van der Waals surface area contributed by atoms with Crippen molar-refractivity contribution in [3.8, 4) is 17.4 Å². The van der Waals surface area contributed by atoms with Crippen LogP contribution in [-0.2, 0) is 6.18 Å². The van der Waals surface area contributed by atoms with E-state index in [-0.39, 0.29) is 23.2 Å². The van der Waals surface area contributed by atoms with Crippen LogP contribution in [0.25, 0.3) is 0 Å². The van der Waals surface area contributed by atoms with Gasteiger partial charge in [-0.1, -0.05) is 6.07 Å². The first-order valence-corrected chi connectivity index (χ1v) is 12.5. The molecule has 12 heteroatoms. The van der Waals surface area contributed by atoms with Crippen molar-refractivity contribution in [1.82, 2.24) is 14.9 Å². The van der Waals surface area contributed by atoms with Crippen LogP contribution in [0, 0.1) is 6.92 Å². The Bertz CT molecular complexity index is 1380. The number of likely N-dealkylation sites (N-methyl/N-ethyl adjacent to an activating group) is 1. The van der Waals surface area contributed by atoms with Gasteiger partial charge in [0, 0.05) is 36.1 Å². The number of amides is 1. The number of fused-ring (bicyclic) bond motifs is 1. The third-order valence-electron chi connectivity index (χ3n) is 6.83. The Morgan fingerprint density at radius 2 is 2.03 bits per heavy atom. The number of halogens is 3. The van der Waals surface area contributed by atoms with Crippen LogP contribution >= 0.6 is 0 Å². The number of benzene rings is 2. The molecule has 9 nitrogen and oxygen atoms in total. The minimum absolute atomic E-state index is 0.0607. The lowest BCUT2D eigenvalue weighted by Crippen LogP contribution is -2.31. The van der Waals surface area contributed by atoms with E-state index in [0.717, 1.165) is 24.1 Å². The van der Waals surface area contributed by atoms with E-state index in [4.69, 9.17) is 9.47 Å². The molecule has 0 bridgehead atoms. The van der Waals surface area contributed by atoms with Crippen LogP contribution in [0.3, 0.4) is 0 Å². The Hall–Kier alpha value is -4.06. The number of nitrogens with one attached hydrogen (secondary N) is 2. The molecule has 0 spiro atoms. The standard InChI is InChI=1S/C27H29F3N6O3/c1-16-4-5-17(10-22(16)39-26-23-24(32-15-33-26)31-7-9-38-23)25(37)34-19-11-18(27(28,29)30)12-21(13-19)36-8-6-20(14-36)35(2)3/h4-5,10-13,15,20H,6-9,14H2,1-3H3,(H,34,37)(H,31,32,33)/t20-/m1/s1. The quantitative estimate of drug-likeness (QED) is 0.460. The smallest absolute Gasteiger partial charge is 0.416 e. The number of ether oxygens (including phenoxy) is 2. The van der Waals surface area contributed by atoms with Gasteiger partial charge in [-0.15, -0.1) is 0 Å². The zero-order valence-electron chi connectivity index (χ0n) is 21.8. The molecule has 5 rings (SSSR count). The Morgan fingerprint density at radius 3 is 2.77 bits per heavy atom. The van der Waals surface area contributed by atoms with Crippen LogP contribution in [0.5, 0.6) is 17.4 Å². The molecule has 3 aromatic rings. The molecule has 206 valence electrons. The summed E-state index contributed by atoms with van der Waals surface area (Å²) in [7, 11) is 3.91. The van der Waals surface area contributed by atoms with E-state index in [0.29, 0.717) is 49.2 Å². The third kappa shape index (κ3) is 5.85. The van der Waals surface area contributed by atoms with E-state index in [1.165, 1.54) is 12.4 Å². The summed E-state index contributed by atoms with van der Waals surface area (Å²) in [6.45, 7) is 4.06. The molecular formula is C27H29F3N6O3. The van der Waals surface area contributed by atoms with Crippen LogP contribution < -0.4 is 25.0 Å². The van der Waals surface area contributed by atoms with Crippen LogP contribution in [0.1, 0.15) is 27.9 Å². The molecule has 0 radical (unpaired) electrons. The van der Waals surface area contributed by atoms with Crippen LogP contribution in [0.4, 0.5) is 30.4 Å². The molecule has 0 saturated carbocycles. The predicted molar refractivity (Wildman–Crippen MR) is 141 cm³/mol. The molecule has 2 aliphatic heterocycles. The van der Waals surface area contributed by atoms with Gasteiger partial charge in [0.15, 0.2) is 5.82 Å². The second-order valence-electron chi connectivity index (χ2n) is 9.79. The number of aryl methyl sites for hydroxylation is 1. The van der Waals surface area contributed by atoms with E-state index in [1.54, 1.807) is 25.1 Å². The number of hydrogen-bond donors (Lipinski definition) is 2. The van der Waals surface area contributed by atoms with Crippen LogP contribution in [-0.4, -0.2) is 67.2 Å². The Balaban J connectivity index is 1.39. The number of carbonyl (C=O) groups is 1. The lowest BCUT2D eigenvalue weighted by atomic mass is 10.1. The molecule has 1 fully saturated rings. The summed E-state index contributed by atoms with van der Waals surface area (Å²) in [5, 5.41) is 5.74. The van der Waals surface area contributed by atoms with Gasteiger partial charge < -0.3 is 29.9 Å². The van der Waals surface area contributed by atoms with Crippen molar-refractivity contribution in [2.45, 2.75) is 25.6 Å². The van der Waals surface area contributed by atoms with Crippen molar-refractivity contribution in [2.24, 2.45) is 0 Å². The molecule has 1 saturated heterocycles. The number of carbonyl (C=O) groups excluding carboxylic acids is 1. The minimum atomic E-state index is -4.56. The first kappa shape index (κ1) is 26.5. The zero-order chi connectivity index (χ0) is 27.7. The molecule has 2 aliphatic rings. The van der Waals surface area contributed by atoms with E-state index < -0.39 is 17.6 Å². The molecule has 39 heavy (non-hydrogen) atoms. The van der Waals surface area contributed by atoms with Gasteiger partial charge in [0.2, 0.25) is 5.75 Å². The number of aromatic nitrogens is 2. The molecule has 2 N–H and O–H groups in total. The van der Waals surface area contributed by atoms with Gasteiger partial charge in [-0.3, -0.25) is 4.79 Å². The van der Waals surface area contributed by atoms with E-state index >= 15 is 0 Å². The Kier molecular flexibility index (Phi) is 7.21. The molecule has 0 aliphatic carbocycles. The van der Waals surface area contributed by atoms with E-state index in [1.807, 2.05) is 19.0 Å². The number of rotatable bonds is 6. The van der Waals surface area contributed by atoms with Gasteiger partial charge in [0.1, 0.15) is 18.7 Å². The summed E-state index contributed by atoms with van der Waals surface area (Å²) < 4.78 is 52.8. The van der Waals surface area contributed by atoms with Crippen LogP contribution in [0.2, 0.25) is 0 Å². The molecule has 1 amide bonds. The number of nitrogens with zero attached hydrogens (tertiary/aromatic N) is 4. The first-order valence-electron chi connectivity index (χ1n) is 12.5. The highest BCUT2D eigenvalue weighted by molar-refractivity contribution is 6.05. The maximum absolute atomic E-state index is 13.7. The molecule has 1 aromatic heterocycles. The fourth-order valence-electron chi connectivity index (χ4n) is 4.59. The van der Waals surface area contributed by atoms with E-state index in [2.05, 4.69) is 25.5 Å². The maximum Gasteiger partial charge on any atom is 0.416 e. The predicted octanol–water partition coefficient (Wildman–Crippen LogP) is 4.79. The first-order chi connectivity index (χ1) is 18.6. The van der Waals surface area contributed by atoms with E-state index in [9.17, 15) is 18.0 Å². The van der Waals surface area contributed by atoms with Crippen LogP contribution in [0.15, 0.2) is 42.7 Å². The lowest BCUT2D eigenvalue weighted by Gasteiger charge is -2.23. The molecule has 2 aromatic carbocycles. The minimum Gasteiger partial charge on any atom is -0.483 e. The number of alkyl halides is 3. The second kappa shape index (κ2) is 10.6. The average molecular weight is 543 g/mol. The summed E-state index contributed by atoms with van der Waals surface area (Å²) in [5.41, 5.74) is 0.600. The fourth-order valence-corrected chi connectivity index (χ4v) is 4.59. The van der Waals surface area contributed by atoms with Gasteiger partial charge in [-0.05, 0) is 63.3 Å². The van der Waals surface area contributed by atoms with Gasteiger partial charge in [0.25, 0.3) is 11.8 Å². The largest absolute Gasteiger partial charge is 0.483 e. The van der Waals surface area contributed by atoms with Gasteiger partial charge in [0.05, 0.1) is 12.1 Å². The van der Waals surface area contributed by atoms with Gasteiger partial charge in [-0.2, -0.15) is 18.2 Å². The van der Waals surface area contributed by atoms with Crippen molar-refractivity contribution in [1.29, 1.82) is 0 Å². The highest BCUT2D eigenvalue weighted by atomic mass is 19.4. The summed E-state index contributed by atoms with van der Waals surface area (Å²) in [5.74, 6) is 0.854. The normalized spacial score (nSPS) is 16.9. The molecule has 0 unspecified atom stereocenters. The molecule has 1 atom stereocenters. The highest BCUT2D eigenvalue weighted by Gasteiger charge is 2.33. The molecular weight excluding hydrogens is 513 g/mol. The monoisotopic (exact) mass is 542 g/mol. The zero-order valence-corrected chi connectivity index (χ0v) is 21.8. The maximum atomic E-state index is 13.7. The summed E-state index contributed by atoms with van der Waals surface area (Å²) in [6, 6.07) is 8.70. The highest BCUT2D eigenvalue weighted by Crippen LogP contribution is 2.38. The summed E-state index contributed by atoms with van der Waals surface area (Å²) in [6.07, 6.45) is -2.38. The second-order valence-corrected chi connectivity index (χ2v) is 9.79. The van der Waals surface area contributed by atoms with Crippen molar-refractivity contribution >= 4 is 23.1 Å². The number of anilines is 3. The lowest BCUT2D eigenvalue weighted by molar-refractivity contribution is -0.137. The number of hydrogen-bond acceptors (Lipinski definition) is 8. The van der Waals surface area contributed by atoms with Crippen molar-refractivity contribution < 1.29 is 27.4 Å². The fraction of sp³-hybridized carbons (Fsp3) is 0.370. The Morgan fingerprint density at radius 1 is 1.21 bits per heavy atom. The Labute approximate surface area is 223 Å².